The minimum atomic E-state index is -3.64. The first kappa shape index (κ1) is 21.1. The number of carbonyl (C=O) groups excluding carboxylic acids is 1. The van der Waals surface area contributed by atoms with Crippen molar-refractivity contribution in [1.82, 2.24) is 0 Å². The van der Waals surface area contributed by atoms with Crippen LogP contribution in [-0.4, -0.2) is 28.6 Å². The minimum absolute atomic E-state index is 0.236. The molecule has 2 N–H and O–H groups in total. The third-order valence-electron chi connectivity index (χ3n) is 4.90. The van der Waals surface area contributed by atoms with E-state index in [1.165, 1.54) is 7.11 Å². The number of primary sulfonamides is 1. The summed E-state index contributed by atoms with van der Waals surface area (Å²) in [7, 11) is -0.669. The van der Waals surface area contributed by atoms with Crippen molar-refractivity contribution in [2.45, 2.75) is 37.5 Å². The van der Waals surface area contributed by atoms with Crippen molar-refractivity contribution in [2.75, 3.05) is 14.2 Å². The Morgan fingerprint density at radius 2 is 1.97 bits per heavy atom. The second kappa shape index (κ2) is 8.84. The number of sulfonamides is 1. The third kappa shape index (κ3) is 5.07. The van der Waals surface area contributed by atoms with Gasteiger partial charge in [0.05, 0.1) is 25.5 Å². The maximum absolute atomic E-state index is 11.5. The fourth-order valence-electron chi connectivity index (χ4n) is 3.61. The SMILES string of the molecule is COC(=O)CCCCC1Oc2cccc(OC)c2-c2ccc(CS(N)(=O)=O)cc21. The lowest BCUT2D eigenvalue weighted by atomic mass is 9.89. The van der Waals surface area contributed by atoms with Gasteiger partial charge in [-0.15, -0.1) is 0 Å². The standard InChI is InChI=1S/C21H25NO6S/c1-26-18-7-5-8-19-21(18)15-11-10-14(13-29(22,24)25)12-16(15)17(28-19)6-3-4-9-20(23)27-2/h5,7-8,10-12,17H,3-4,6,9,13H2,1-2H3,(H2,22,24,25). The van der Waals surface area contributed by atoms with Gasteiger partial charge in [-0.1, -0.05) is 24.3 Å². The Bertz CT molecular complexity index is 1000. The lowest BCUT2D eigenvalue weighted by Gasteiger charge is -2.30. The summed E-state index contributed by atoms with van der Waals surface area (Å²) in [6, 6.07) is 11.1. The Labute approximate surface area is 170 Å². The second-order valence-corrected chi connectivity index (χ2v) is 8.61. The van der Waals surface area contributed by atoms with Gasteiger partial charge >= 0.3 is 5.97 Å². The van der Waals surface area contributed by atoms with Gasteiger partial charge in [0.1, 0.15) is 17.6 Å². The number of fused-ring (bicyclic) bond motifs is 3. The number of methoxy groups -OCH3 is 2. The van der Waals surface area contributed by atoms with Crippen LogP contribution in [0.2, 0.25) is 0 Å². The fraction of sp³-hybridized carbons (Fsp3) is 0.381. The maximum Gasteiger partial charge on any atom is 0.305 e. The zero-order valence-corrected chi connectivity index (χ0v) is 17.3. The topological polar surface area (TPSA) is 105 Å². The van der Waals surface area contributed by atoms with Gasteiger partial charge in [-0.05, 0) is 42.5 Å². The number of benzene rings is 2. The van der Waals surface area contributed by atoms with Gasteiger partial charge < -0.3 is 14.2 Å². The van der Waals surface area contributed by atoms with Crippen LogP contribution in [0.25, 0.3) is 11.1 Å². The maximum atomic E-state index is 11.5. The molecule has 0 saturated carbocycles. The molecule has 3 rings (SSSR count). The number of ether oxygens (including phenoxy) is 3. The highest BCUT2D eigenvalue weighted by Gasteiger charge is 2.28. The largest absolute Gasteiger partial charge is 0.496 e. The highest BCUT2D eigenvalue weighted by molar-refractivity contribution is 7.88. The van der Waals surface area contributed by atoms with Crippen molar-refractivity contribution in [3.05, 3.63) is 47.5 Å². The molecule has 0 aliphatic carbocycles. The summed E-state index contributed by atoms with van der Waals surface area (Å²) in [5.41, 5.74) is 3.28. The normalized spacial score (nSPS) is 15.1. The summed E-state index contributed by atoms with van der Waals surface area (Å²) < 4.78 is 39.5. The first-order valence-electron chi connectivity index (χ1n) is 9.36. The summed E-state index contributed by atoms with van der Waals surface area (Å²) in [5, 5.41) is 5.22. The van der Waals surface area contributed by atoms with Crippen molar-refractivity contribution in [3.63, 3.8) is 0 Å². The second-order valence-electron chi connectivity index (χ2n) is 6.99. The number of rotatable bonds is 8. The lowest BCUT2D eigenvalue weighted by molar-refractivity contribution is -0.140. The monoisotopic (exact) mass is 419 g/mol. The summed E-state index contributed by atoms with van der Waals surface area (Å²) in [6.07, 6.45) is 2.22. The predicted molar refractivity (Wildman–Crippen MR) is 109 cm³/mol. The molecule has 29 heavy (non-hydrogen) atoms. The molecule has 0 amide bonds. The molecule has 0 fully saturated rings. The van der Waals surface area contributed by atoms with Gasteiger partial charge in [-0.25, -0.2) is 13.6 Å². The highest BCUT2D eigenvalue weighted by Crippen LogP contribution is 2.48. The molecule has 0 saturated heterocycles. The Kier molecular flexibility index (Phi) is 6.44. The lowest BCUT2D eigenvalue weighted by Crippen LogP contribution is -2.17. The molecular weight excluding hydrogens is 394 g/mol. The van der Waals surface area contributed by atoms with E-state index < -0.39 is 10.0 Å². The Morgan fingerprint density at radius 1 is 1.17 bits per heavy atom. The van der Waals surface area contributed by atoms with Gasteiger partial charge in [0, 0.05) is 12.0 Å². The first-order valence-corrected chi connectivity index (χ1v) is 11.1. The van der Waals surface area contributed by atoms with Crippen LogP contribution in [-0.2, 0) is 25.3 Å². The molecule has 1 atom stereocenters. The Balaban J connectivity index is 1.93. The number of nitrogens with two attached hydrogens (primary N) is 1. The molecule has 2 aromatic carbocycles. The van der Waals surface area contributed by atoms with E-state index in [-0.39, 0.29) is 17.8 Å². The van der Waals surface area contributed by atoms with Crippen molar-refractivity contribution < 1.29 is 27.4 Å². The minimum Gasteiger partial charge on any atom is -0.496 e. The summed E-state index contributed by atoms with van der Waals surface area (Å²) in [6.45, 7) is 0. The van der Waals surface area contributed by atoms with Crippen LogP contribution in [0.1, 0.15) is 42.9 Å². The van der Waals surface area contributed by atoms with Crippen molar-refractivity contribution in [2.24, 2.45) is 5.14 Å². The molecule has 7 nitrogen and oxygen atoms in total. The molecule has 1 heterocycles. The number of carbonyl (C=O) groups is 1. The molecule has 0 spiro atoms. The molecule has 8 heteroatoms. The molecule has 0 radical (unpaired) electrons. The van der Waals surface area contributed by atoms with E-state index in [9.17, 15) is 13.2 Å². The van der Waals surface area contributed by atoms with Gasteiger partial charge in [-0.2, -0.15) is 0 Å². The average Bonchev–Trinajstić information content (AvgIpc) is 2.69. The molecule has 1 unspecified atom stereocenters. The number of hydrogen-bond donors (Lipinski definition) is 1. The van der Waals surface area contributed by atoms with Gasteiger partial charge in [0.2, 0.25) is 10.0 Å². The quantitative estimate of drug-likeness (QED) is 0.520. The molecule has 1 aliphatic rings. The van der Waals surface area contributed by atoms with Gasteiger partial charge in [0.25, 0.3) is 0 Å². The number of unbranched alkanes of at least 4 members (excludes halogenated alkanes) is 1. The van der Waals surface area contributed by atoms with E-state index in [1.807, 2.05) is 30.3 Å². The zero-order chi connectivity index (χ0) is 21.0. The van der Waals surface area contributed by atoms with E-state index in [0.29, 0.717) is 36.3 Å². The van der Waals surface area contributed by atoms with E-state index >= 15 is 0 Å². The highest BCUT2D eigenvalue weighted by atomic mass is 32.2. The predicted octanol–water partition coefficient (Wildman–Crippen LogP) is 3.32. The van der Waals surface area contributed by atoms with Gasteiger partial charge in [-0.3, -0.25) is 4.79 Å². The van der Waals surface area contributed by atoms with Crippen molar-refractivity contribution in [3.8, 4) is 22.6 Å². The third-order valence-corrected chi connectivity index (χ3v) is 5.64. The number of hydrogen-bond acceptors (Lipinski definition) is 6. The van der Waals surface area contributed by atoms with Crippen LogP contribution in [0.3, 0.4) is 0 Å². The molecule has 156 valence electrons. The Morgan fingerprint density at radius 3 is 2.66 bits per heavy atom. The van der Waals surface area contributed by atoms with Crippen LogP contribution in [0.4, 0.5) is 0 Å². The molecule has 2 aromatic rings. The molecular formula is C21H25NO6S. The van der Waals surface area contributed by atoms with Crippen LogP contribution < -0.4 is 14.6 Å². The van der Waals surface area contributed by atoms with Gasteiger partial charge in [0.15, 0.2) is 0 Å². The number of esters is 1. The van der Waals surface area contributed by atoms with Crippen molar-refractivity contribution in [1.29, 1.82) is 0 Å². The van der Waals surface area contributed by atoms with E-state index in [2.05, 4.69) is 4.74 Å². The summed E-state index contributed by atoms with van der Waals surface area (Å²) in [4.78, 5) is 11.3. The molecule has 0 bridgehead atoms. The first-order chi connectivity index (χ1) is 13.8. The zero-order valence-electron chi connectivity index (χ0n) is 16.5. The van der Waals surface area contributed by atoms with E-state index in [4.69, 9.17) is 14.6 Å². The van der Waals surface area contributed by atoms with E-state index in [0.717, 1.165) is 23.1 Å². The van der Waals surface area contributed by atoms with Crippen LogP contribution >= 0.6 is 0 Å². The van der Waals surface area contributed by atoms with Crippen LogP contribution in [0, 0.1) is 0 Å². The van der Waals surface area contributed by atoms with E-state index in [1.54, 1.807) is 13.2 Å². The molecule has 0 aromatic heterocycles. The molecule has 1 aliphatic heterocycles. The summed E-state index contributed by atoms with van der Waals surface area (Å²) in [5.74, 6) is 0.926. The summed E-state index contributed by atoms with van der Waals surface area (Å²) >= 11 is 0. The van der Waals surface area contributed by atoms with Crippen LogP contribution in [0.5, 0.6) is 11.5 Å². The average molecular weight is 419 g/mol. The van der Waals surface area contributed by atoms with Crippen molar-refractivity contribution >= 4 is 16.0 Å². The fourth-order valence-corrected chi connectivity index (χ4v) is 4.25. The smallest absolute Gasteiger partial charge is 0.305 e. The van der Waals surface area contributed by atoms with Crippen LogP contribution in [0.15, 0.2) is 36.4 Å². The Hall–Kier alpha value is -2.58.